The van der Waals surface area contributed by atoms with E-state index in [0.717, 1.165) is 51.4 Å². The molecular weight excluding hydrogens is 1070 g/mol. The van der Waals surface area contributed by atoms with Crippen LogP contribution in [0.15, 0.2) is 36.5 Å². The maximum absolute atomic E-state index is 12.6. The fraction of sp³-hybridized carbons (Fsp3) is 0.901. The third-order valence-electron chi connectivity index (χ3n) is 18.7. The highest BCUT2D eigenvalue weighted by Gasteiger charge is 2.20. The van der Waals surface area contributed by atoms with E-state index in [1.807, 2.05) is 0 Å². The van der Waals surface area contributed by atoms with Crippen molar-refractivity contribution in [1.82, 2.24) is 5.32 Å². The van der Waals surface area contributed by atoms with Gasteiger partial charge in [0.1, 0.15) is 0 Å². The molecule has 0 saturated heterocycles. The van der Waals surface area contributed by atoms with Crippen LogP contribution in [0.3, 0.4) is 0 Å². The van der Waals surface area contributed by atoms with Gasteiger partial charge in [0.2, 0.25) is 5.91 Å². The number of carbonyl (C=O) groups excluding carboxylic acids is 2. The Morgan fingerprint density at radius 2 is 0.575 bits per heavy atom. The van der Waals surface area contributed by atoms with Crippen molar-refractivity contribution in [3.63, 3.8) is 0 Å². The molecule has 0 aromatic heterocycles. The molecule has 0 spiro atoms. The van der Waals surface area contributed by atoms with Gasteiger partial charge in [0.05, 0.1) is 25.4 Å². The van der Waals surface area contributed by atoms with Gasteiger partial charge in [-0.2, -0.15) is 0 Å². The van der Waals surface area contributed by atoms with Gasteiger partial charge >= 0.3 is 5.97 Å². The smallest absolute Gasteiger partial charge is 0.305 e. The van der Waals surface area contributed by atoms with Crippen LogP contribution in [0.4, 0.5) is 0 Å². The lowest BCUT2D eigenvalue weighted by molar-refractivity contribution is -0.143. The second-order valence-corrected chi connectivity index (χ2v) is 27.4. The Bertz CT molecular complexity index is 1410. The van der Waals surface area contributed by atoms with E-state index in [1.54, 1.807) is 0 Å². The summed E-state index contributed by atoms with van der Waals surface area (Å²) in [5.74, 6) is -0.0214. The minimum atomic E-state index is -0.664. The largest absolute Gasteiger partial charge is 0.466 e. The first-order valence-electron chi connectivity index (χ1n) is 39.7. The van der Waals surface area contributed by atoms with E-state index in [0.29, 0.717) is 25.9 Å². The SMILES string of the molecule is CCCCC/C=C\C/C=C\CCCCCCCC(=O)OCCCCCCCCCCCCCC/C=C\CCCCCCCCCCCCCCCCCCCC(=O)NC(CO)C(O)CCCCCCCCCCCCCCCCCCCCCCCC. The Balaban J connectivity index is 3.36. The molecule has 6 nitrogen and oxygen atoms in total. The fourth-order valence-corrected chi connectivity index (χ4v) is 12.6. The fourth-order valence-electron chi connectivity index (χ4n) is 12.6. The molecule has 2 atom stereocenters. The first-order valence-corrected chi connectivity index (χ1v) is 39.7. The summed E-state index contributed by atoms with van der Waals surface area (Å²) < 4.78 is 5.49. The molecule has 6 heteroatoms. The summed E-state index contributed by atoms with van der Waals surface area (Å²) in [7, 11) is 0. The molecule has 0 aliphatic carbocycles. The number of esters is 1. The zero-order valence-corrected chi connectivity index (χ0v) is 59.0. The third-order valence-corrected chi connectivity index (χ3v) is 18.7. The van der Waals surface area contributed by atoms with E-state index >= 15 is 0 Å². The molecule has 0 bridgehead atoms. The number of carbonyl (C=O) groups is 2. The molecule has 0 aromatic carbocycles. The van der Waals surface area contributed by atoms with E-state index in [4.69, 9.17) is 4.74 Å². The number of hydrogen-bond acceptors (Lipinski definition) is 5. The summed E-state index contributed by atoms with van der Waals surface area (Å²) in [6.45, 7) is 4.97. The van der Waals surface area contributed by atoms with Crippen LogP contribution in [0.2, 0.25) is 0 Å². The van der Waals surface area contributed by atoms with Gasteiger partial charge in [-0.3, -0.25) is 9.59 Å². The van der Waals surface area contributed by atoms with Gasteiger partial charge in [-0.25, -0.2) is 0 Å². The Labute approximate surface area is 544 Å². The highest BCUT2D eigenvalue weighted by Crippen LogP contribution is 2.20. The molecule has 2 unspecified atom stereocenters. The van der Waals surface area contributed by atoms with Gasteiger partial charge in [0.15, 0.2) is 0 Å². The number of amides is 1. The molecule has 0 heterocycles. The van der Waals surface area contributed by atoms with Crippen LogP contribution in [0.5, 0.6) is 0 Å². The Kier molecular flexibility index (Phi) is 74.8. The van der Waals surface area contributed by atoms with Crippen molar-refractivity contribution in [2.75, 3.05) is 13.2 Å². The Morgan fingerprint density at radius 1 is 0.322 bits per heavy atom. The zero-order valence-electron chi connectivity index (χ0n) is 59.0. The third kappa shape index (κ3) is 73.0. The lowest BCUT2D eigenvalue weighted by Gasteiger charge is -2.22. The molecule has 0 aliphatic heterocycles. The number of unbranched alkanes of at least 4 members (excludes halogenated alkanes) is 58. The van der Waals surface area contributed by atoms with Crippen LogP contribution < -0.4 is 5.32 Å². The van der Waals surface area contributed by atoms with Gasteiger partial charge in [0, 0.05) is 12.8 Å². The van der Waals surface area contributed by atoms with Crippen LogP contribution >= 0.6 is 0 Å². The lowest BCUT2D eigenvalue weighted by atomic mass is 10.0. The second kappa shape index (κ2) is 76.5. The maximum atomic E-state index is 12.6. The van der Waals surface area contributed by atoms with Crippen LogP contribution in [0.1, 0.15) is 444 Å². The first kappa shape index (κ1) is 85.1. The molecule has 0 aromatic rings. The molecule has 1 amide bonds. The number of rotatable bonds is 75. The predicted molar refractivity (Wildman–Crippen MR) is 384 cm³/mol. The van der Waals surface area contributed by atoms with Crippen LogP contribution in [0.25, 0.3) is 0 Å². The highest BCUT2D eigenvalue weighted by molar-refractivity contribution is 5.76. The number of allylic oxidation sites excluding steroid dienone is 6. The summed E-state index contributed by atoms with van der Waals surface area (Å²) in [5.41, 5.74) is 0. The van der Waals surface area contributed by atoms with Gasteiger partial charge in [-0.05, 0) is 83.5 Å². The van der Waals surface area contributed by atoms with Gasteiger partial charge in [0.25, 0.3) is 0 Å². The van der Waals surface area contributed by atoms with E-state index in [9.17, 15) is 19.8 Å². The van der Waals surface area contributed by atoms with Crippen molar-refractivity contribution < 1.29 is 24.5 Å². The normalized spacial score (nSPS) is 12.6. The number of ether oxygens (including phenoxy) is 1. The minimum absolute atomic E-state index is 0.00533. The molecule has 0 fully saturated rings. The van der Waals surface area contributed by atoms with E-state index in [2.05, 4.69) is 55.6 Å². The van der Waals surface area contributed by atoms with Gasteiger partial charge in [-0.1, -0.05) is 384 Å². The quantitative estimate of drug-likeness (QED) is 0.0320. The summed E-state index contributed by atoms with van der Waals surface area (Å²) >= 11 is 0. The molecule has 0 aliphatic rings. The van der Waals surface area contributed by atoms with Crippen molar-refractivity contribution in [3.8, 4) is 0 Å². The topological polar surface area (TPSA) is 95.9 Å². The monoisotopic (exact) mass is 1220 g/mol. The maximum Gasteiger partial charge on any atom is 0.305 e. The predicted octanol–water partition coefficient (Wildman–Crippen LogP) is 26.2. The highest BCUT2D eigenvalue weighted by atomic mass is 16.5. The number of hydrogen-bond donors (Lipinski definition) is 3. The average Bonchev–Trinajstić information content (AvgIpc) is 3.52. The summed E-state index contributed by atoms with van der Waals surface area (Å²) in [5, 5.41) is 23.5. The molecule has 0 saturated carbocycles. The first-order chi connectivity index (χ1) is 43.0. The van der Waals surface area contributed by atoms with Crippen molar-refractivity contribution in [1.29, 1.82) is 0 Å². The standard InChI is InChI=1S/C81H155NO5/c1-3-5-7-9-11-13-15-17-19-20-21-22-36-39-42-46-49-53-57-61-65-69-73-79(84)78(77-83)82-80(85)74-70-66-62-58-54-50-47-43-40-37-34-32-30-28-26-24-23-25-27-29-31-33-35-38-41-44-48-52-56-60-64-68-72-76-87-81(86)75-71-67-63-59-55-51-45-18-16-14-12-10-8-6-4-2/h12,14,18,27,29,45,78-79,83-84H,3-11,13,15-17,19-26,28,30-44,46-77H2,1-2H3,(H,82,85)/b14-12-,29-27-,45-18-. The summed E-state index contributed by atoms with van der Waals surface area (Å²) in [6, 6.07) is -0.540. The summed E-state index contributed by atoms with van der Waals surface area (Å²) in [6.07, 6.45) is 99.5. The van der Waals surface area contributed by atoms with Crippen LogP contribution in [-0.4, -0.2) is 47.4 Å². The molecule has 87 heavy (non-hydrogen) atoms. The number of nitrogens with one attached hydrogen (secondary N) is 1. The Hall–Kier alpha value is -1.92. The van der Waals surface area contributed by atoms with E-state index in [-0.39, 0.29) is 18.5 Å². The van der Waals surface area contributed by atoms with Crippen LogP contribution in [-0.2, 0) is 14.3 Å². The van der Waals surface area contributed by atoms with Crippen molar-refractivity contribution in [3.05, 3.63) is 36.5 Å². The van der Waals surface area contributed by atoms with Gasteiger partial charge < -0.3 is 20.3 Å². The minimum Gasteiger partial charge on any atom is -0.466 e. The van der Waals surface area contributed by atoms with Crippen molar-refractivity contribution >= 4 is 11.9 Å². The number of aliphatic hydroxyl groups excluding tert-OH is 2. The molecule has 0 rings (SSSR count). The molecule has 514 valence electrons. The van der Waals surface area contributed by atoms with Crippen LogP contribution in [0, 0.1) is 0 Å². The van der Waals surface area contributed by atoms with Crippen molar-refractivity contribution in [2.45, 2.75) is 456 Å². The average molecular weight is 1220 g/mol. The number of aliphatic hydroxyl groups is 2. The summed E-state index contributed by atoms with van der Waals surface area (Å²) in [4.78, 5) is 24.6. The zero-order chi connectivity index (χ0) is 62.8. The lowest BCUT2D eigenvalue weighted by Crippen LogP contribution is -2.45. The Morgan fingerprint density at radius 3 is 0.908 bits per heavy atom. The molecular formula is C81H155NO5. The van der Waals surface area contributed by atoms with E-state index in [1.165, 1.54) is 360 Å². The van der Waals surface area contributed by atoms with E-state index < -0.39 is 12.1 Å². The van der Waals surface area contributed by atoms with Gasteiger partial charge in [-0.15, -0.1) is 0 Å². The molecule has 3 N–H and O–H groups in total. The second-order valence-electron chi connectivity index (χ2n) is 27.4. The van der Waals surface area contributed by atoms with Crippen molar-refractivity contribution in [2.24, 2.45) is 0 Å². The molecule has 0 radical (unpaired) electrons.